The summed E-state index contributed by atoms with van der Waals surface area (Å²) in [6, 6.07) is 6.83. The quantitative estimate of drug-likeness (QED) is 0.726. The van der Waals surface area contributed by atoms with Gasteiger partial charge >= 0.3 is 6.03 Å². The molecule has 2 aromatic rings. The van der Waals surface area contributed by atoms with Crippen molar-refractivity contribution in [2.75, 3.05) is 25.6 Å². The third kappa shape index (κ3) is 5.31. The monoisotopic (exact) mass is 335 g/mol. The van der Waals surface area contributed by atoms with Crippen LogP contribution in [0.1, 0.15) is 12.1 Å². The number of hydrogen-bond acceptors (Lipinski definition) is 5. The van der Waals surface area contributed by atoms with Gasteiger partial charge in [-0.25, -0.2) is 9.78 Å². The Morgan fingerprint density at radius 2 is 2.30 bits per heavy atom. The number of aryl methyl sites for hydroxylation is 1. The number of rotatable bonds is 7. The maximum atomic E-state index is 12.0. The van der Waals surface area contributed by atoms with Gasteiger partial charge < -0.3 is 20.5 Å². The molecule has 0 aliphatic carbocycles. The first-order valence-corrected chi connectivity index (χ1v) is 8.20. The maximum Gasteiger partial charge on any atom is 0.319 e. The minimum Gasteiger partial charge on any atom is -0.394 e. The van der Waals surface area contributed by atoms with Crippen molar-refractivity contribution < 1.29 is 14.6 Å². The number of aliphatic hydroxyl groups excluding tert-OH is 1. The molecule has 6 nitrogen and oxygen atoms in total. The third-order valence-electron chi connectivity index (χ3n) is 3.21. The van der Waals surface area contributed by atoms with E-state index in [0.717, 1.165) is 16.3 Å². The number of aliphatic hydroxyl groups is 1. The van der Waals surface area contributed by atoms with Crippen LogP contribution in [0.3, 0.4) is 0 Å². The van der Waals surface area contributed by atoms with Gasteiger partial charge in [-0.1, -0.05) is 12.1 Å². The highest BCUT2D eigenvalue weighted by atomic mass is 32.1. The Morgan fingerprint density at radius 1 is 1.48 bits per heavy atom. The van der Waals surface area contributed by atoms with Gasteiger partial charge in [0.2, 0.25) is 0 Å². The van der Waals surface area contributed by atoms with Crippen molar-refractivity contribution in [1.82, 2.24) is 10.3 Å². The molecule has 0 aliphatic heterocycles. The van der Waals surface area contributed by atoms with Gasteiger partial charge in [0.25, 0.3) is 0 Å². The van der Waals surface area contributed by atoms with E-state index >= 15 is 0 Å². The number of hydrogen-bond donors (Lipinski definition) is 3. The minimum atomic E-state index is -0.354. The fraction of sp³-hybridized carbons (Fsp3) is 0.375. The van der Waals surface area contributed by atoms with Gasteiger partial charge in [0.05, 0.1) is 12.6 Å². The lowest BCUT2D eigenvalue weighted by atomic mass is 10.2. The molecule has 2 amide bonds. The Bertz CT molecular complexity index is 645. The van der Waals surface area contributed by atoms with E-state index < -0.39 is 0 Å². The third-order valence-corrected chi connectivity index (χ3v) is 4.22. The zero-order valence-corrected chi connectivity index (χ0v) is 14.0. The number of nitrogens with one attached hydrogen (secondary N) is 2. The highest BCUT2D eigenvalue weighted by Crippen LogP contribution is 2.25. The molecule has 1 atom stereocenters. The second-order valence-corrected chi connectivity index (χ2v) is 5.99. The number of methoxy groups -OCH3 is 1. The molecule has 1 aromatic carbocycles. The van der Waals surface area contributed by atoms with Gasteiger partial charge in [-0.15, -0.1) is 11.3 Å². The lowest BCUT2D eigenvalue weighted by Crippen LogP contribution is -2.40. The second-order valence-electron chi connectivity index (χ2n) is 5.13. The summed E-state index contributed by atoms with van der Waals surface area (Å²) in [7, 11) is 1.58. The number of aromatic nitrogens is 1. The molecule has 0 fully saturated rings. The van der Waals surface area contributed by atoms with Crippen LogP contribution in [-0.4, -0.2) is 42.5 Å². The van der Waals surface area contributed by atoms with E-state index in [1.54, 1.807) is 18.4 Å². The van der Waals surface area contributed by atoms with E-state index in [1.807, 2.05) is 36.6 Å². The Labute approximate surface area is 139 Å². The first-order valence-electron chi connectivity index (χ1n) is 7.32. The lowest BCUT2D eigenvalue weighted by Gasteiger charge is -2.16. The first-order chi connectivity index (χ1) is 11.1. The van der Waals surface area contributed by atoms with Crippen molar-refractivity contribution in [1.29, 1.82) is 0 Å². The van der Waals surface area contributed by atoms with Gasteiger partial charge in [-0.3, -0.25) is 0 Å². The number of thiazole rings is 1. The topological polar surface area (TPSA) is 83.5 Å². The number of anilines is 1. The minimum absolute atomic E-state index is 0.130. The largest absolute Gasteiger partial charge is 0.394 e. The van der Waals surface area contributed by atoms with E-state index in [9.17, 15) is 9.90 Å². The Hall–Kier alpha value is -1.96. The van der Waals surface area contributed by atoms with Crippen LogP contribution in [0, 0.1) is 6.92 Å². The molecule has 0 bridgehead atoms. The van der Waals surface area contributed by atoms with Gasteiger partial charge in [-0.2, -0.15) is 0 Å². The molecule has 124 valence electrons. The average molecular weight is 335 g/mol. The SMILES string of the molecule is COCC[C@H](CO)NC(=O)Nc1cccc(-c2nc(C)cs2)c1. The molecular weight excluding hydrogens is 314 g/mol. The van der Waals surface area contributed by atoms with Crippen LogP contribution in [0.15, 0.2) is 29.6 Å². The summed E-state index contributed by atoms with van der Waals surface area (Å²) in [5.74, 6) is 0. The maximum absolute atomic E-state index is 12.0. The van der Waals surface area contributed by atoms with Gasteiger partial charge in [0.15, 0.2) is 0 Å². The van der Waals surface area contributed by atoms with Gasteiger partial charge in [-0.05, 0) is 25.5 Å². The molecule has 1 heterocycles. The molecule has 7 heteroatoms. The molecule has 0 radical (unpaired) electrons. The normalized spacial score (nSPS) is 12.0. The van der Waals surface area contributed by atoms with Crippen molar-refractivity contribution in [2.45, 2.75) is 19.4 Å². The summed E-state index contributed by atoms with van der Waals surface area (Å²) in [6.45, 7) is 2.30. The molecule has 3 N–H and O–H groups in total. The highest BCUT2D eigenvalue weighted by molar-refractivity contribution is 7.13. The summed E-state index contributed by atoms with van der Waals surface area (Å²) in [5, 5.41) is 17.7. The molecular formula is C16H21N3O3S. The molecule has 0 spiro atoms. The Kier molecular flexibility index (Phi) is 6.52. The van der Waals surface area contributed by atoms with Crippen LogP contribution in [-0.2, 0) is 4.74 Å². The van der Waals surface area contributed by atoms with E-state index in [4.69, 9.17) is 4.74 Å². The molecule has 0 saturated carbocycles. The lowest BCUT2D eigenvalue weighted by molar-refractivity contribution is 0.161. The van der Waals surface area contributed by atoms with E-state index in [0.29, 0.717) is 18.7 Å². The fourth-order valence-corrected chi connectivity index (χ4v) is 2.83. The van der Waals surface area contributed by atoms with Crippen molar-refractivity contribution >= 4 is 23.1 Å². The summed E-state index contributed by atoms with van der Waals surface area (Å²) in [5.41, 5.74) is 2.61. The standard InChI is InChI=1S/C16H21N3O3S/c1-11-10-23-15(17-11)12-4-3-5-13(8-12)18-16(21)19-14(9-20)6-7-22-2/h3-5,8,10,14,20H,6-7,9H2,1-2H3,(H2,18,19,21)/t14-/m1/s1. The van der Waals surface area contributed by atoms with Crippen molar-refractivity contribution in [3.63, 3.8) is 0 Å². The van der Waals surface area contributed by atoms with E-state index in [-0.39, 0.29) is 18.7 Å². The zero-order valence-electron chi connectivity index (χ0n) is 13.2. The number of benzene rings is 1. The molecule has 1 aromatic heterocycles. The van der Waals surface area contributed by atoms with Crippen LogP contribution in [0.2, 0.25) is 0 Å². The Balaban J connectivity index is 1.98. The van der Waals surface area contributed by atoms with E-state index in [2.05, 4.69) is 15.6 Å². The number of carbonyl (C=O) groups is 1. The number of urea groups is 1. The van der Waals surface area contributed by atoms with Gasteiger partial charge in [0, 0.05) is 36.0 Å². The highest BCUT2D eigenvalue weighted by Gasteiger charge is 2.11. The van der Waals surface area contributed by atoms with Crippen molar-refractivity contribution in [2.24, 2.45) is 0 Å². The molecule has 23 heavy (non-hydrogen) atoms. The average Bonchev–Trinajstić information content (AvgIpc) is 2.98. The molecule has 0 unspecified atom stereocenters. The van der Waals surface area contributed by atoms with Crippen molar-refractivity contribution in [3.8, 4) is 10.6 Å². The number of carbonyl (C=O) groups excluding carboxylic acids is 1. The molecule has 2 rings (SSSR count). The first kappa shape index (κ1) is 17.4. The predicted octanol–water partition coefficient (Wildman–Crippen LogP) is 2.64. The van der Waals surface area contributed by atoms with E-state index in [1.165, 1.54) is 0 Å². The predicted molar refractivity (Wildman–Crippen MR) is 91.8 cm³/mol. The Morgan fingerprint density at radius 3 is 2.96 bits per heavy atom. The summed E-state index contributed by atoms with van der Waals surface area (Å²) < 4.78 is 4.95. The summed E-state index contributed by atoms with van der Waals surface area (Å²) in [6.07, 6.45) is 0.554. The van der Waals surface area contributed by atoms with Crippen LogP contribution in [0.25, 0.3) is 10.6 Å². The number of nitrogens with zero attached hydrogens (tertiary/aromatic N) is 1. The number of ether oxygens (including phenoxy) is 1. The summed E-state index contributed by atoms with van der Waals surface area (Å²) in [4.78, 5) is 16.4. The summed E-state index contributed by atoms with van der Waals surface area (Å²) >= 11 is 1.57. The van der Waals surface area contributed by atoms with Crippen molar-refractivity contribution in [3.05, 3.63) is 35.3 Å². The zero-order chi connectivity index (χ0) is 16.7. The fourth-order valence-electron chi connectivity index (χ4n) is 2.04. The van der Waals surface area contributed by atoms with Crippen LogP contribution < -0.4 is 10.6 Å². The molecule has 0 aliphatic rings. The van der Waals surface area contributed by atoms with Crippen LogP contribution >= 0.6 is 11.3 Å². The van der Waals surface area contributed by atoms with Gasteiger partial charge in [0.1, 0.15) is 5.01 Å². The van der Waals surface area contributed by atoms with Crippen LogP contribution in [0.5, 0.6) is 0 Å². The smallest absolute Gasteiger partial charge is 0.319 e. The van der Waals surface area contributed by atoms with Crippen LogP contribution in [0.4, 0.5) is 10.5 Å². The second kappa shape index (κ2) is 8.61. The molecule has 0 saturated heterocycles. The number of amides is 2.